The Morgan fingerprint density at radius 1 is 1.27 bits per heavy atom. The van der Waals surface area contributed by atoms with Crippen LogP contribution in [0.4, 0.5) is 0 Å². The summed E-state index contributed by atoms with van der Waals surface area (Å²) in [6.45, 7) is 7.67. The van der Waals surface area contributed by atoms with Gasteiger partial charge in [-0.2, -0.15) is 0 Å². The summed E-state index contributed by atoms with van der Waals surface area (Å²) in [6.07, 6.45) is 2.87. The van der Waals surface area contributed by atoms with E-state index in [4.69, 9.17) is 15.3 Å². The van der Waals surface area contributed by atoms with Crippen molar-refractivity contribution in [2.75, 3.05) is 20.3 Å². The van der Waals surface area contributed by atoms with Crippen molar-refractivity contribution in [3.05, 3.63) is 0 Å². The second-order valence-electron chi connectivity index (χ2n) is 3.77. The smallest absolute Gasteiger partial charge is 0.0861 e. The molecule has 0 saturated carbocycles. The van der Waals surface area contributed by atoms with Crippen molar-refractivity contribution in [3.63, 3.8) is 0 Å². The first-order chi connectivity index (χ1) is 7.20. The molecule has 15 heavy (non-hydrogen) atoms. The highest BCUT2D eigenvalue weighted by Gasteiger charge is 2.35. The minimum absolute atomic E-state index is 0.0454. The van der Waals surface area contributed by atoms with Gasteiger partial charge in [-0.25, -0.2) is 0 Å². The highest BCUT2D eigenvalue weighted by molar-refractivity contribution is 4.90. The van der Waals surface area contributed by atoms with E-state index in [0.717, 1.165) is 25.9 Å². The third-order valence-electron chi connectivity index (χ3n) is 3.07. The van der Waals surface area contributed by atoms with Gasteiger partial charge >= 0.3 is 0 Å². The van der Waals surface area contributed by atoms with Crippen LogP contribution < -0.4 is 11.3 Å². The van der Waals surface area contributed by atoms with Gasteiger partial charge in [0.2, 0.25) is 0 Å². The topological polar surface area (TPSA) is 56.5 Å². The first kappa shape index (κ1) is 14.8. The molecule has 1 unspecified atom stereocenters. The van der Waals surface area contributed by atoms with Crippen LogP contribution in [0, 0.1) is 0 Å². The Morgan fingerprint density at radius 3 is 2.20 bits per heavy atom. The Labute approximate surface area is 93.5 Å². The number of rotatable bonds is 9. The van der Waals surface area contributed by atoms with Crippen LogP contribution in [0.1, 0.15) is 40.0 Å². The molecule has 0 aromatic rings. The van der Waals surface area contributed by atoms with Gasteiger partial charge in [-0.15, -0.1) is 0 Å². The first-order valence-corrected chi connectivity index (χ1v) is 5.79. The van der Waals surface area contributed by atoms with Gasteiger partial charge in [0.15, 0.2) is 0 Å². The number of hydrogen-bond acceptors (Lipinski definition) is 4. The van der Waals surface area contributed by atoms with Crippen LogP contribution in [0.15, 0.2) is 0 Å². The summed E-state index contributed by atoms with van der Waals surface area (Å²) in [5, 5.41) is 0. The first-order valence-electron chi connectivity index (χ1n) is 5.79. The number of methoxy groups -OCH3 is 1. The predicted octanol–water partition coefficient (Wildman–Crippen LogP) is 1.45. The molecule has 4 nitrogen and oxygen atoms in total. The molecule has 0 radical (unpaired) electrons. The minimum atomic E-state index is -0.220. The third kappa shape index (κ3) is 4.07. The second-order valence-corrected chi connectivity index (χ2v) is 3.77. The normalized spacial score (nSPS) is 14.2. The van der Waals surface area contributed by atoms with E-state index in [9.17, 15) is 0 Å². The van der Waals surface area contributed by atoms with Crippen molar-refractivity contribution >= 4 is 0 Å². The Kier molecular flexibility index (Phi) is 7.96. The predicted molar refractivity (Wildman–Crippen MR) is 62.5 cm³/mol. The number of nitrogens with two attached hydrogens (primary N) is 1. The van der Waals surface area contributed by atoms with E-state index in [2.05, 4.69) is 26.2 Å². The van der Waals surface area contributed by atoms with Crippen LogP contribution >= 0.6 is 0 Å². The van der Waals surface area contributed by atoms with Gasteiger partial charge < -0.3 is 9.47 Å². The maximum Gasteiger partial charge on any atom is 0.0861 e. The Hall–Kier alpha value is -0.160. The van der Waals surface area contributed by atoms with Gasteiger partial charge in [-0.3, -0.25) is 11.3 Å². The average Bonchev–Trinajstić information content (AvgIpc) is 2.29. The van der Waals surface area contributed by atoms with E-state index in [1.165, 1.54) is 0 Å². The van der Waals surface area contributed by atoms with Gasteiger partial charge in [-0.1, -0.05) is 20.8 Å². The highest BCUT2D eigenvalue weighted by Crippen LogP contribution is 2.24. The van der Waals surface area contributed by atoms with Crippen LogP contribution in [-0.2, 0) is 9.47 Å². The van der Waals surface area contributed by atoms with Gasteiger partial charge in [0.25, 0.3) is 0 Å². The SMILES string of the molecule is CCCOCC(NN)C(CC)(CC)OC. The van der Waals surface area contributed by atoms with E-state index < -0.39 is 0 Å². The monoisotopic (exact) mass is 218 g/mol. The summed E-state index contributed by atoms with van der Waals surface area (Å²) in [6, 6.07) is 0.0454. The van der Waals surface area contributed by atoms with Crippen LogP contribution in [0.25, 0.3) is 0 Å². The number of ether oxygens (including phenoxy) is 2. The van der Waals surface area contributed by atoms with Crippen molar-refractivity contribution < 1.29 is 9.47 Å². The number of hydrogen-bond donors (Lipinski definition) is 2. The Morgan fingerprint density at radius 2 is 1.87 bits per heavy atom. The van der Waals surface area contributed by atoms with Gasteiger partial charge in [0, 0.05) is 13.7 Å². The fraction of sp³-hybridized carbons (Fsp3) is 1.00. The average molecular weight is 218 g/mol. The van der Waals surface area contributed by atoms with E-state index >= 15 is 0 Å². The summed E-state index contributed by atoms with van der Waals surface area (Å²) in [7, 11) is 1.73. The van der Waals surface area contributed by atoms with Crippen molar-refractivity contribution in [1.82, 2.24) is 5.43 Å². The molecule has 4 heteroatoms. The lowest BCUT2D eigenvalue weighted by Gasteiger charge is -2.37. The molecule has 0 aliphatic heterocycles. The molecule has 92 valence electrons. The van der Waals surface area contributed by atoms with Crippen LogP contribution in [0.2, 0.25) is 0 Å². The molecule has 0 aromatic heterocycles. The molecule has 3 N–H and O–H groups in total. The molecule has 0 amide bonds. The molecule has 1 atom stereocenters. The quantitative estimate of drug-likeness (QED) is 0.349. The Balaban J connectivity index is 4.31. The maximum atomic E-state index is 5.60. The van der Waals surface area contributed by atoms with Crippen LogP contribution in [0.5, 0.6) is 0 Å². The second kappa shape index (κ2) is 8.05. The fourth-order valence-electron chi connectivity index (χ4n) is 1.87. The zero-order chi connectivity index (χ0) is 11.7. The van der Waals surface area contributed by atoms with Crippen molar-refractivity contribution in [1.29, 1.82) is 0 Å². The molecule has 0 heterocycles. The zero-order valence-electron chi connectivity index (χ0n) is 10.5. The zero-order valence-corrected chi connectivity index (χ0v) is 10.5. The molecule has 0 saturated heterocycles. The molecule has 0 bridgehead atoms. The van der Waals surface area contributed by atoms with Crippen molar-refractivity contribution in [2.45, 2.75) is 51.7 Å². The highest BCUT2D eigenvalue weighted by atomic mass is 16.5. The van der Waals surface area contributed by atoms with Crippen LogP contribution in [-0.4, -0.2) is 32.0 Å². The summed E-state index contributed by atoms with van der Waals surface area (Å²) in [5.41, 5.74) is 2.58. The molecule has 0 aliphatic carbocycles. The van der Waals surface area contributed by atoms with E-state index in [-0.39, 0.29) is 11.6 Å². The Bertz CT molecular complexity index is 141. The summed E-state index contributed by atoms with van der Waals surface area (Å²) >= 11 is 0. The molecule has 0 aliphatic rings. The molecular weight excluding hydrogens is 192 g/mol. The summed E-state index contributed by atoms with van der Waals surface area (Å²) in [4.78, 5) is 0. The van der Waals surface area contributed by atoms with Crippen molar-refractivity contribution in [2.24, 2.45) is 5.84 Å². The van der Waals surface area contributed by atoms with E-state index in [0.29, 0.717) is 6.61 Å². The van der Waals surface area contributed by atoms with Crippen LogP contribution in [0.3, 0.4) is 0 Å². The number of hydrazine groups is 1. The van der Waals surface area contributed by atoms with Gasteiger partial charge in [0.1, 0.15) is 0 Å². The summed E-state index contributed by atoms with van der Waals surface area (Å²) < 4.78 is 11.1. The third-order valence-corrected chi connectivity index (χ3v) is 3.07. The van der Waals surface area contributed by atoms with Crippen molar-refractivity contribution in [3.8, 4) is 0 Å². The summed E-state index contributed by atoms with van der Waals surface area (Å²) in [5.74, 6) is 5.56. The van der Waals surface area contributed by atoms with Gasteiger partial charge in [0.05, 0.1) is 18.2 Å². The minimum Gasteiger partial charge on any atom is -0.380 e. The molecule has 0 rings (SSSR count). The fourth-order valence-corrected chi connectivity index (χ4v) is 1.87. The largest absolute Gasteiger partial charge is 0.380 e. The van der Waals surface area contributed by atoms with E-state index in [1.807, 2.05) is 0 Å². The molecule has 0 fully saturated rings. The molecular formula is C11H26N2O2. The maximum absolute atomic E-state index is 5.60. The molecule has 0 aromatic carbocycles. The standard InChI is InChI=1S/C11H26N2O2/c1-5-8-15-9-10(13-12)11(6-2,7-3)14-4/h10,13H,5-9,12H2,1-4H3. The lowest BCUT2D eigenvalue weighted by atomic mass is 9.89. The number of nitrogens with one attached hydrogen (secondary N) is 1. The van der Waals surface area contributed by atoms with E-state index in [1.54, 1.807) is 7.11 Å². The molecule has 0 spiro atoms. The lowest BCUT2D eigenvalue weighted by Crippen LogP contribution is -2.56. The van der Waals surface area contributed by atoms with Gasteiger partial charge in [-0.05, 0) is 19.3 Å². The lowest BCUT2D eigenvalue weighted by molar-refractivity contribution is -0.0695.